The van der Waals surface area contributed by atoms with Gasteiger partial charge >= 0.3 is 0 Å². The maximum atomic E-state index is 13.1. The normalized spacial score (nSPS) is 41.7. The smallest absolute Gasteiger partial charge is 0.132 e. The summed E-state index contributed by atoms with van der Waals surface area (Å²) in [6.45, 7) is 0. The molecule has 0 aromatic heterocycles. The lowest BCUT2D eigenvalue weighted by molar-refractivity contribution is 0.163. The number of hydrogen-bond donors (Lipinski definition) is 0. The Morgan fingerprint density at radius 1 is 0.769 bits per heavy atom. The molecule has 0 bridgehead atoms. The molecule has 2 fully saturated rings. The fourth-order valence-electron chi connectivity index (χ4n) is 2.52. The van der Waals surface area contributed by atoms with E-state index in [9.17, 15) is 8.78 Å². The number of halogens is 2. The van der Waals surface area contributed by atoms with Gasteiger partial charge in [-0.25, -0.2) is 18.8 Å². The maximum absolute atomic E-state index is 13.1. The lowest BCUT2D eigenvalue weighted by Crippen LogP contribution is -2.15. The van der Waals surface area contributed by atoms with Gasteiger partial charge in [-0.2, -0.15) is 0 Å². The molecule has 0 aliphatic carbocycles. The second kappa shape index (κ2) is 3.76. The molecule has 1 spiro atoms. The minimum Gasteiger partial charge on any atom is -0.244 e. The van der Waals surface area contributed by atoms with Crippen LogP contribution >= 0.6 is 10.0 Å². The predicted molar refractivity (Wildman–Crippen MR) is 55.3 cm³/mol. The van der Waals surface area contributed by atoms with E-state index in [0.717, 1.165) is 11.5 Å². The van der Waals surface area contributed by atoms with E-state index in [1.165, 1.54) is 24.3 Å². The number of hydrogen-bond acceptors (Lipinski definition) is 0. The van der Waals surface area contributed by atoms with E-state index < -0.39 is 22.4 Å². The molecular weight excluding hydrogens is 190 g/mol. The van der Waals surface area contributed by atoms with Gasteiger partial charge in [0.1, 0.15) is 12.3 Å². The average Bonchev–Trinajstić information content (AvgIpc) is 2.54. The van der Waals surface area contributed by atoms with Gasteiger partial charge in [-0.05, 0) is 48.7 Å². The lowest BCUT2D eigenvalue weighted by atomic mass is 10.1. The first-order chi connectivity index (χ1) is 6.22. The highest BCUT2D eigenvalue weighted by atomic mass is 32.3. The second-order valence-electron chi connectivity index (χ2n) is 4.36. The Bertz CT molecular complexity index is 164. The van der Waals surface area contributed by atoms with Gasteiger partial charge < -0.3 is 0 Å². The Hall–Kier alpha value is 0.210. The zero-order chi connectivity index (χ0) is 9.31. The maximum Gasteiger partial charge on any atom is 0.132 e. The van der Waals surface area contributed by atoms with E-state index in [1.54, 1.807) is 0 Å². The Morgan fingerprint density at radius 3 is 1.69 bits per heavy atom. The Labute approximate surface area is 80.4 Å². The molecule has 0 aromatic carbocycles. The zero-order valence-corrected chi connectivity index (χ0v) is 8.79. The Morgan fingerprint density at radius 2 is 1.23 bits per heavy atom. The summed E-state index contributed by atoms with van der Waals surface area (Å²) in [6.07, 6.45) is 1.29. The Balaban J connectivity index is 2.00. The molecule has 0 N–H and O–H groups in total. The first kappa shape index (κ1) is 9.75. The van der Waals surface area contributed by atoms with Gasteiger partial charge in [0, 0.05) is 0 Å². The monoisotopic (exact) mass is 208 g/mol. The molecular formula is C10H18F2S. The molecule has 0 aromatic rings. The summed E-state index contributed by atoms with van der Waals surface area (Å²) in [5.74, 6) is 4.61. The minimum absolute atomic E-state index is 0.497. The van der Waals surface area contributed by atoms with E-state index in [-0.39, 0.29) is 0 Å². The van der Waals surface area contributed by atoms with Crippen molar-refractivity contribution in [3.63, 3.8) is 0 Å². The largest absolute Gasteiger partial charge is 0.244 e. The third kappa shape index (κ3) is 2.00. The minimum atomic E-state index is -1.16. The summed E-state index contributed by atoms with van der Waals surface area (Å²) in [5.41, 5.74) is 0. The predicted octanol–water partition coefficient (Wildman–Crippen LogP) is 3.05. The lowest BCUT2D eigenvalue weighted by Gasteiger charge is -2.34. The number of alkyl halides is 2. The summed E-state index contributed by atoms with van der Waals surface area (Å²) < 4.78 is 26.2. The summed E-state index contributed by atoms with van der Waals surface area (Å²) in [6, 6.07) is 0. The van der Waals surface area contributed by atoms with Crippen molar-refractivity contribution in [2.75, 3.05) is 23.0 Å². The van der Waals surface area contributed by atoms with Gasteiger partial charge in [0.15, 0.2) is 0 Å². The van der Waals surface area contributed by atoms with Crippen LogP contribution in [0, 0.1) is 0 Å². The van der Waals surface area contributed by atoms with Crippen molar-refractivity contribution in [3.8, 4) is 0 Å². The van der Waals surface area contributed by atoms with E-state index in [1.807, 2.05) is 0 Å². The highest BCUT2D eigenvalue weighted by Gasteiger charge is 2.35. The van der Waals surface area contributed by atoms with Crippen molar-refractivity contribution in [3.05, 3.63) is 0 Å². The van der Waals surface area contributed by atoms with Crippen LogP contribution in [0.2, 0.25) is 0 Å². The van der Waals surface area contributed by atoms with Crippen molar-refractivity contribution in [1.29, 1.82) is 0 Å². The highest BCUT2D eigenvalue weighted by Crippen LogP contribution is 2.56. The van der Waals surface area contributed by atoms with Crippen molar-refractivity contribution >= 4 is 10.0 Å². The van der Waals surface area contributed by atoms with Crippen molar-refractivity contribution in [2.24, 2.45) is 0 Å². The quantitative estimate of drug-likeness (QED) is 0.574. The molecule has 2 unspecified atom stereocenters. The van der Waals surface area contributed by atoms with Crippen LogP contribution in [0.4, 0.5) is 8.78 Å². The van der Waals surface area contributed by atoms with Gasteiger partial charge in [-0.15, -0.1) is 0 Å². The molecule has 2 aliphatic heterocycles. The topological polar surface area (TPSA) is 0 Å². The SMILES string of the molecule is FC1CCS2(CCCC2)CCC1F. The van der Waals surface area contributed by atoms with E-state index >= 15 is 0 Å². The molecule has 2 saturated heterocycles. The molecule has 0 radical (unpaired) electrons. The third-order valence-corrected chi connectivity index (χ3v) is 7.96. The van der Waals surface area contributed by atoms with Crippen LogP contribution in [0.1, 0.15) is 25.7 Å². The van der Waals surface area contributed by atoms with Crippen LogP contribution in [0.15, 0.2) is 0 Å². The van der Waals surface area contributed by atoms with Crippen LogP contribution < -0.4 is 0 Å². The molecule has 2 rings (SSSR count). The van der Waals surface area contributed by atoms with Gasteiger partial charge in [0.2, 0.25) is 0 Å². The zero-order valence-electron chi connectivity index (χ0n) is 7.98. The third-order valence-electron chi connectivity index (χ3n) is 3.45. The molecule has 0 nitrogen and oxygen atoms in total. The van der Waals surface area contributed by atoms with Crippen LogP contribution in [0.25, 0.3) is 0 Å². The van der Waals surface area contributed by atoms with Gasteiger partial charge in [0.25, 0.3) is 0 Å². The average molecular weight is 208 g/mol. The van der Waals surface area contributed by atoms with Crippen LogP contribution in [-0.4, -0.2) is 35.4 Å². The van der Waals surface area contributed by atoms with Gasteiger partial charge in [0.05, 0.1) is 0 Å². The summed E-state index contributed by atoms with van der Waals surface area (Å²) >= 11 is 0. The van der Waals surface area contributed by atoms with Gasteiger partial charge in [-0.3, -0.25) is 0 Å². The highest BCUT2D eigenvalue weighted by molar-refractivity contribution is 8.33. The Kier molecular flexibility index (Phi) is 2.82. The molecule has 0 amide bonds. The first-order valence-electron chi connectivity index (χ1n) is 5.24. The van der Waals surface area contributed by atoms with Crippen molar-refractivity contribution < 1.29 is 8.78 Å². The molecule has 13 heavy (non-hydrogen) atoms. The second-order valence-corrected chi connectivity index (χ2v) is 8.44. The molecule has 3 heteroatoms. The van der Waals surface area contributed by atoms with E-state index in [2.05, 4.69) is 0 Å². The van der Waals surface area contributed by atoms with E-state index in [4.69, 9.17) is 0 Å². The number of rotatable bonds is 0. The fourth-order valence-corrected chi connectivity index (χ4v) is 6.82. The summed E-state index contributed by atoms with van der Waals surface area (Å²) in [4.78, 5) is 0. The standard InChI is InChI=1S/C10H18F2S/c11-9-3-7-13(5-1-2-6-13)8-4-10(9)12/h9-10H,1-8H2. The van der Waals surface area contributed by atoms with Crippen LogP contribution in [0.3, 0.4) is 0 Å². The van der Waals surface area contributed by atoms with Gasteiger partial charge in [-0.1, -0.05) is 0 Å². The van der Waals surface area contributed by atoms with Crippen LogP contribution in [-0.2, 0) is 0 Å². The molecule has 2 heterocycles. The summed E-state index contributed by atoms with van der Waals surface area (Å²) in [7, 11) is -0.545. The molecule has 78 valence electrons. The van der Waals surface area contributed by atoms with Crippen molar-refractivity contribution in [1.82, 2.24) is 0 Å². The van der Waals surface area contributed by atoms with E-state index in [0.29, 0.717) is 12.8 Å². The summed E-state index contributed by atoms with van der Waals surface area (Å²) in [5, 5.41) is 0. The molecule has 2 atom stereocenters. The van der Waals surface area contributed by atoms with Crippen LogP contribution in [0.5, 0.6) is 0 Å². The fraction of sp³-hybridized carbons (Fsp3) is 1.00. The first-order valence-corrected chi connectivity index (χ1v) is 7.55. The van der Waals surface area contributed by atoms with Crippen molar-refractivity contribution in [2.45, 2.75) is 38.0 Å². The molecule has 2 aliphatic rings. The molecule has 0 saturated carbocycles.